The Hall–Kier alpha value is -3.96. The van der Waals surface area contributed by atoms with E-state index < -0.39 is 10.8 Å². The fourth-order valence-corrected chi connectivity index (χ4v) is 3.49. The first-order chi connectivity index (χ1) is 15.8. The summed E-state index contributed by atoms with van der Waals surface area (Å²) in [4.78, 5) is 22.9. The van der Waals surface area contributed by atoms with Crippen LogP contribution in [0.1, 0.15) is 22.3 Å². The predicted molar refractivity (Wildman–Crippen MR) is 130 cm³/mol. The van der Waals surface area contributed by atoms with Gasteiger partial charge in [-0.2, -0.15) is 5.26 Å². The average molecular weight is 506 g/mol. The van der Waals surface area contributed by atoms with Crippen molar-refractivity contribution in [2.75, 3.05) is 5.32 Å². The molecule has 3 rings (SSSR count). The van der Waals surface area contributed by atoms with Crippen molar-refractivity contribution in [2.24, 2.45) is 0 Å². The molecular formula is C25H20BrN3O4. The van der Waals surface area contributed by atoms with Gasteiger partial charge in [-0.05, 0) is 88.4 Å². The maximum absolute atomic E-state index is 12.6. The molecule has 3 aromatic rings. The molecule has 0 spiro atoms. The van der Waals surface area contributed by atoms with E-state index in [1.807, 2.05) is 38.1 Å². The van der Waals surface area contributed by atoms with Gasteiger partial charge in [-0.1, -0.05) is 18.2 Å². The van der Waals surface area contributed by atoms with E-state index in [2.05, 4.69) is 21.2 Å². The number of nitro groups is 1. The van der Waals surface area contributed by atoms with E-state index in [1.165, 1.54) is 18.2 Å². The largest absolute Gasteiger partial charge is 0.488 e. The van der Waals surface area contributed by atoms with Crippen molar-refractivity contribution in [3.8, 4) is 11.8 Å². The summed E-state index contributed by atoms with van der Waals surface area (Å²) in [5, 5.41) is 23.0. The average Bonchev–Trinajstić information content (AvgIpc) is 2.79. The van der Waals surface area contributed by atoms with Crippen LogP contribution >= 0.6 is 15.9 Å². The highest BCUT2D eigenvalue weighted by Crippen LogP contribution is 2.28. The number of non-ortho nitro benzene ring substituents is 1. The Balaban J connectivity index is 1.70. The number of nitrogens with one attached hydrogen (secondary N) is 1. The van der Waals surface area contributed by atoms with Crippen LogP contribution in [0.5, 0.6) is 5.75 Å². The second-order valence-electron chi connectivity index (χ2n) is 7.34. The molecule has 1 N–H and O–H groups in total. The van der Waals surface area contributed by atoms with Crippen molar-refractivity contribution in [3.05, 3.63) is 103 Å². The molecule has 0 radical (unpaired) electrons. The number of carbonyl (C=O) groups excluding carboxylic acids is 1. The summed E-state index contributed by atoms with van der Waals surface area (Å²) >= 11 is 3.44. The summed E-state index contributed by atoms with van der Waals surface area (Å²) in [6.45, 7) is 4.05. The molecule has 33 heavy (non-hydrogen) atoms. The van der Waals surface area contributed by atoms with Gasteiger partial charge in [0, 0.05) is 17.8 Å². The Labute approximate surface area is 199 Å². The van der Waals surface area contributed by atoms with Gasteiger partial charge in [0.2, 0.25) is 0 Å². The zero-order valence-corrected chi connectivity index (χ0v) is 19.5. The number of halogens is 1. The molecule has 0 aliphatic heterocycles. The Morgan fingerprint density at radius 2 is 1.88 bits per heavy atom. The van der Waals surface area contributed by atoms with Crippen LogP contribution in [0.3, 0.4) is 0 Å². The number of ether oxygens (including phenoxy) is 1. The van der Waals surface area contributed by atoms with Crippen molar-refractivity contribution in [3.63, 3.8) is 0 Å². The normalized spacial score (nSPS) is 10.9. The third-order valence-electron chi connectivity index (χ3n) is 4.81. The molecule has 0 aliphatic rings. The number of hydrogen-bond acceptors (Lipinski definition) is 5. The summed E-state index contributed by atoms with van der Waals surface area (Å²) in [6.07, 6.45) is 1.51. The quantitative estimate of drug-likeness (QED) is 0.181. The molecule has 0 atom stereocenters. The number of carbonyl (C=O) groups is 1. The van der Waals surface area contributed by atoms with Gasteiger partial charge in [-0.25, -0.2) is 0 Å². The molecule has 0 fully saturated rings. The zero-order valence-electron chi connectivity index (χ0n) is 18.0. The molecule has 0 aliphatic carbocycles. The first kappa shape index (κ1) is 23.7. The molecule has 0 aromatic heterocycles. The van der Waals surface area contributed by atoms with Crippen LogP contribution in [-0.2, 0) is 11.4 Å². The summed E-state index contributed by atoms with van der Waals surface area (Å²) in [5.41, 5.74) is 4.00. The SMILES string of the molecule is Cc1ccc(C)c(NC(=O)/C(C#N)=C/c2ccc(OCc3ccc([N+](=O)[O-])cc3)c(Br)c2)c1. The van der Waals surface area contributed by atoms with E-state index in [9.17, 15) is 20.2 Å². The standard InChI is InChI=1S/C25H20BrN3O4/c1-16-3-4-17(2)23(11-16)28-25(30)20(14-27)12-19-7-10-24(22(26)13-19)33-15-18-5-8-21(9-6-18)29(31)32/h3-13H,15H2,1-2H3,(H,28,30)/b20-12+. The van der Waals surface area contributed by atoms with Crippen LogP contribution in [0.15, 0.2) is 70.7 Å². The highest BCUT2D eigenvalue weighted by molar-refractivity contribution is 9.10. The van der Waals surface area contributed by atoms with Gasteiger partial charge >= 0.3 is 0 Å². The minimum atomic E-state index is -0.485. The van der Waals surface area contributed by atoms with Gasteiger partial charge in [0.1, 0.15) is 24.0 Å². The summed E-state index contributed by atoms with van der Waals surface area (Å²) in [7, 11) is 0. The molecule has 0 saturated carbocycles. The number of hydrogen-bond donors (Lipinski definition) is 1. The monoisotopic (exact) mass is 505 g/mol. The minimum absolute atomic E-state index is 0.0194. The van der Waals surface area contributed by atoms with E-state index in [0.29, 0.717) is 21.5 Å². The van der Waals surface area contributed by atoms with Crippen LogP contribution in [0, 0.1) is 35.3 Å². The van der Waals surface area contributed by atoms with Crippen LogP contribution < -0.4 is 10.1 Å². The Kier molecular flexibility index (Phi) is 7.59. The highest BCUT2D eigenvalue weighted by Gasteiger charge is 2.12. The van der Waals surface area contributed by atoms with Crippen LogP contribution in [-0.4, -0.2) is 10.8 Å². The van der Waals surface area contributed by atoms with E-state index in [4.69, 9.17) is 4.74 Å². The highest BCUT2D eigenvalue weighted by atomic mass is 79.9. The van der Waals surface area contributed by atoms with Crippen LogP contribution in [0.25, 0.3) is 6.08 Å². The second kappa shape index (κ2) is 10.6. The molecule has 0 saturated heterocycles. The summed E-state index contributed by atoms with van der Waals surface area (Å²) < 4.78 is 6.42. The van der Waals surface area contributed by atoms with Crippen molar-refractivity contribution in [1.29, 1.82) is 5.26 Å². The van der Waals surface area contributed by atoms with Gasteiger partial charge in [0.05, 0.1) is 9.40 Å². The van der Waals surface area contributed by atoms with Gasteiger partial charge in [-0.15, -0.1) is 0 Å². The summed E-state index contributed by atoms with van der Waals surface area (Å²) in [6, 6.07) is 19.0. The Morgan fingerprint density at radius 1 is 1.15 bits per heavy atom. The lowest BCUT2D eigenvalue weighted by Crippen LogP contribution is -2.14. The van der Waals surface area contributed by atoms with Crippen LogP contribution in [0.2, 0.25) is 0 Å². The fraction of sp³-hybridized carbons (Fsp3) is 0.120. The lowest BCUT2D eigenvalue weighted by molar-refractivity contribution is -0.384. The van der Waals surface area contributed by atoms with E-state index in [-0.39, 0.29) is 17.9 Å². The van der Waals surface area contributed by atoms with Gasteiger partial charge in [-0.3, -0.25) is 14.9 Å². The molecule has 7 nitrogen and oxygen atoms in total. The lowest BCUT2D eigenvalue weighted by Gasteiger charge is -2.10. The molecule has 166 valence electrons. The fourth-order valence-electron chi connectivity index (χ4n) is 2.97. The van der Waals surface area contributed by atoms with Crippen molar-refractivity contribution in [1.82, 2.24) is 0 Å². The number of anilines is 1. The minimum Gasteiger partial charge on any atom is -0.488 e. The van der Waals surface area contributed by atoms with Crippen molar-refractivity contribution < 1.29 is 14.5 Å². The number of aryl methyl sites for hydroxylation is 2. The first-order valence-corrected chi connectivity index (χ1v) is 10.7. The number of nitrogens with zero attached hydrogens (tertiary/aromatic N) is 2. The third-order valence-corrected chi connectivity index (χ3v) is 5.43. The van der Waals surface area contributed by atoms with E-state index in [0.717, 1.165) is 16.7 Å². The first-order valence-electron chi connectivity index (χ1n) is 9.93. The number of rotatable bonds is 7. The molecule has 8 heteroatoms. The van der Waals surface area contributed by atoms with Crippen molar-refractivity contribution >= 4 is 39.3 Å². The number of amides is 1. The second-order valence-corrected chi connectivity index (χ2v) is 8.20. The Morgan fingerprint density at radius 3 is 2.52 bits per heavy atom. The zero-order chi connectivity index (χ0) is 24.0. The van der Waals surface area contributed by atoms with Crippen LogP contribution in [0.4, 0.5) is 11.4 Å². The lowest BCUT2D eigenvalue weighted by atomic mass is 10.1. The molecule has 3 aromatic carbocycles. The number of benzene rings is 3. The summed E-state index contributed by atoms with van der Waals surface area (Å²) in [5.74, 6) is 0.0738. The smallest absolute Gasteiger partial charge is 0.269 e. The molecule has 1 amide bonds. The molecule has 0 heterocycles. The number of nitro benzene ring substituents is 1. The van der Waals surface area contributed by atoms with Gasteiger partial charge in [0.25, 0.3) is 11.6 Å². The Bertz CT molecular complexity index is 1280. The molecular weight excluding hydrogens is 486 g/mol. The number of nitriles is 1. The maximum atomic E-state index is 12.6. The van der Waals surface area contributed by atoms with Gasteiger partial charge < -0.3 is 10.1 Å². The maximum Gasteiger partial charge on any atom is 0.269 e. The molecule has 0 unspecified atom stereocenters. The predicted octanol–water partition coefficient (Wildman–Crippen LogP) is 6.10. The van der Waals surface area contributed by atoms with Gasteiger partial charge in [0.15, 0.2) is 0 Å². The third kappa shape index (κ3) is 6.28. The van der Waals surface area contributed by atoms with E-state index >= 15 is 0 Å². The van der Waals surface area contributed by atoms with E-state index in [1.54, 1.807) is 30.3 Å². The molecule has 0 bridgehead atoms. The topological polar surface area (TPSA) is 105 Å². The van der Waals surface area contributed by atoms with Crippen molar-refractivity contribution in [2.45, 2.75) is 20.5 Å².